The molecule has 0 unspecified atom stereocenters. The van der Waals surface area contributed by atoms with Gasteiger partial charge in [-0.2, -0.15) is 0 Å². The van der Waals surface area contributed by atoms with E-state index in [9.17, 15) is 4.79 Å². The zero-order valence-electron chi connectivity index (χ0n) is 18.0. The van der Waals surface area contributed by atoms with E-state index in [2.05, 4.69) is 23.1 Å². The Bertz CT molecular complexity index is 562. The van der Waals surface area contributed by atoms with Crippen molar-refractivity contribution in [1.29, 1.82) is 0 Å². The highest BCUT2D eigenvalue weighted by Crippen LogP contribution is 2.15. The summed E-state index contributed by atoms with van der Waals surface area (Å²) in [6.07, 6.45) is 27.5. The molecule has 0 fully saturated rings. The Balaban J connectivity index is 1.87. The number of anilines is 1. The highest BCUT2D eigenvalue weighted by molar-refractivity contribution is 5.91. The van der Waals surface area contributed by atoms with Gasteiger partial charge in [-0.25, -0.2) is 4.98 Å². The molecule has 0 spiro atoms. The number of aromatic nitrogens is 1. The number of nitrogens with one attached hydrogen (secondary N) is 1. The molecule has 28 heavy (non-hydrogen) atoms. The number of hydrogen-bond acceptors (Lipinski definition) is 2. The molecule has 0 radical (unpaired) electrons. The molecule has 1 rings (SSSR count). The van der Waals surface area contributed by atoms with Gasteiger partial charge < -0.3 is 5.32 Å². The summed E-state index contributed by atoms with van der Waals surface area (Å²) in [5.41, 5.74) is 1.13. The van der Waals surface area contributed by atoms with Gasteiger partial charge >= 0.3 is 0 Å². The van der Waals surface area contributed by atoms with Gasteiger partial charge in [0.1, 0.15) is 5.69 Å². The number of carbonyl (C=O) groups is 1. The summed E-state index contributed by atoms with van der Waals surface area (Å²) >= 11 is 0. The van der Waals surface area contributed by atoms with Crippen molar-refractivity contribution in [3.05, 3.63) is 24.0 Å². The first-order chi connectivity index (χ1) is 13.8. The fraction of sp³-hybridized carbons (Fsp3) is 0.680. The number of nitrogens with zero attached hydrogens (tertiary/aromatic N) is 1. The van der Waals surface area contributed by atoms with Crippen molar-refractivity contribution in [3.8, 4) is 12.3 Å². The Labute approximate surface area is 173 Å². The first-order valence-corrected chi connectivity index (χ1v) is 11.5. The highest BCUT2D eigenvalue weighted by Gasteiger charge is 2.05. The topological polar surface area (TPSA) is 42.0 Å². The van der Waals surface area contributed by atoms with E-state index < -0.39 is 0 Å². The normalized spacial score (nSPS) is 10.6. The minimum absolute atomic E-state index is 0.0270. The lowest BCUT2D eigenvalue weighted by Crippen LogP contribution is -2.12. The molecule has 0 aliphatic rings. The van der Waals surface area contributed by atoms with Gasteiger partial charge in [0.15, 0.2) is 0 Å². The van der Waals surface area contributed by atoms with Crippen LogP contribution in [0, 0.1) is 12.3 Å². The molecule has 1 N–H and O–H groups in total. The van der Waals surface area contributed by atoms with Crippen LogP contribution in [0.2, 0.25) is 0 Å². The maximum absolute atomic E-state index is 12.0. The van der Waals surface area contributed by atoms with E-state index in [0.29, 0.717) is 17.8 Å². The molecule has 0 atom stereocenters. The number of rotatable bonds is 17. The number of carbonyl (C=O) groups excluding carboxylic acids is 1. The van der Waals surface area contributed by atoms with E-state index in [1.165, 1.54) is 83.5 Å². The average Bonchev–Trinajstić information content (AvgIpc) is 2.71. The summed E-state index contributed by atoms with van der Waals surface area (Å²) in [5, 5.41) is 2.87. The minimum atomic E-state index is 0.0270. The number of unbranched alkanes of at least 4 members (excludes halogenated alkanes) is 14. The van der Waals surface area contributed by atoms with Crippen LogP contribution in [0.4, 0.5) is 5.69 Å². The predicted octanol–water partition coefficient (Wildman–Crippen LogP) is 7.26. The van der Waals surface area contributed by atoms with Gasteiger partial charge in [0, 0.05) is 12.6 Å². The molecule has 1 amide bonds. The van der Waals surface area contributed by atoms with E-state index in [1.54, 1.807) is 18.3 Å². The van der Waals surface area contributed by atoms with Crippen LogP contribution >= 0.6 is 0 Å². The van der Waals surface area contributed by atoms with Crippen molar-refractivity contribution < 1.29 is 4.79 Å². The highest BCUT2D eigenvalue weighted by atomic mass is 16.1. The molecular formula is C25H40N2O. The molecule has 0 aromatic carbocycles. The van der Waals surface area contributed by atoms with Gasteiger partial charge in [-0.15, -0.1) is 6.42 Å². The van der Waals surface area contributed by atoms with Crippen molar-refractivity contribution in [3.63, 3.8) is 0 Å². The summed E-state index contributed by atoms with van der Waals surface area (Å²) in [6, 6.07) is 3.58. The Morgan fingerprint density at radius 2 is 1.39 bits per heavy atom. The molecule has 3 heteroatoms. The number of terminal acetylenes is 1. The second-order valence-corrected chi connectivity index (χ2v) is 7.79. The van der Waals surface area contributed by atoms with Crippen LogP contribution in [0.15, 0.2) is 18.3 Å². The summed E-state index contributed by atoms with van der Waals surface area (Å²) in [6.45, 7) is 2.27. The van der Waals surface area contributed by atoms with Crippen LogP contribution < -0.4 is 5.32 Å². The van der Waals surface area contributed by atoms with Crippen LogP contribution in [-0.2, 0) is 4.79 Å². The fourth-order valence-corrected chi connectivity index (χ4v) is 3.49. The van der Waals surface area contributed by atoms with Crippen LogP contribution in [0.25, 0.3) is 0 Å². The molecule has 0 saturated carbocycles. The quantitative estimate of drug-likeness (QED) is 0.227. The van der Waals surface area contributed by atoms with Gasteiger partial charge in [0.25, 0.3) is 0 Å². The zero-order chi connectivity index (χ0) is 20.3. The van der Waals surface area contributed by atoms with Crippen molar-refractivity contribution in [1.82, 2.24) is 4.98 Å². The van der Waals surface area contributed by atoms with Crippen molar-refractivity contribution >= 4 is 11.6 Å². The third-order valence-electron chi connectivity index (χ3n) is 5.23. The SMILES string of the molecule is C#Cc1ncccc1NC(=O)CCCCCCCCCCCCCCCCC. The van der Waals surface area contributed by atoms with Crippen LogP contribution in [0.5, 0.6) is 0 Å². The lowest BCUT2D eigenvalue weighted by atomic mass is 10.0. The number of pyridine rings is 1. The molecule has 0 saturated heterocycles. The first-order valence-electron chi connectivity index (χ1n) is 11.5. The maximum Gasteiger partial charge on any atom is 0.224 e. The zero-order valence-corrected chi connectivity index (χ0v) is 18.0. The predicted molar refractivity (Wildman–Crippen MR) is 120 cm³/mol. The maximum atomic E-state index is 12.0. The molecule has 0 bridgehead atoms. The van der Waals surface area contributed by atoms with E-state index >= 15 is 0 Å². The Morgan fingerprint density at radius 1 is 0.893 bits per heavy atom. The Morgan fingerprint density at radius 3 is 1.89 bits per heavy atom. The van der Waals surface area contributed by atoms with E-state index in [-0.39, 0.29) is 5.91 Å². The van der Waals surface area contributed by atoms with Crippen molar-refractivity contribution in [2.45, 2.75) is 110 Å². The summed E-state index contributed by atoms with van der Waals surface area (Å²) in [5.74, 6) is 2.52. The second kappa shape index (κ2) is 17.3. The molecule has 0 aliphatic carbocycles. The summed E-state index contributed by atoms with van der Waals surface area (Å²) < 4.78 is 0. The van der Waals surface area contributed by atoms with Crippen molar-refractivity contribution in [2.24, 2.45) is 0 Å². The lowest BCUT2D eigenvalue weighted by molar-refractivity contribution is -0.116. The van der Waals surface area contributed by atoms with E-state index in [4.69, 9.17) is 6.42 Å². The standard InChI is InChI=1S/C25H40N2O/c1-3-5-6-7-8-9-10-11-12-13-14-15-16-17-18-21-25(28)27-24-20-19-22-26-23(24)4-2/h2,19-20,22H,3,5-18,21H2,1H3,(H,27,28). The third-order valence-corrected chi connectivity index (χ3v) is 5.23. The first kappa shape index (κ1) is 24.2. The van der Waals surface area contributed by atoms with Crippen LogP contribution in [-0.4, -0.2) is 10.9 Å². The van der Waals surface area contributed by atoms with Gasteiger partial charge in [-0.1, -0.05) is 96.8 Å². The van der Waals surface area contributed by atoms with Crippen LogP contribution in [0.1, 0.15) is 115 Å². The fourth-order valence-electron chi connectivity index (χ4n) is 3.49. The molecule has 156 valence electrons. The Kier molecular flexibility index (Phi) is 15.0. The van der Waals surface area contributed by atoms with E-state index in [0.717, 1.165) is 12.8 Å². The molecule has 1 heterocycles. The van der Waals surface area contributed by atoms with Gasteiger partial charge in [-0.3, -0.25) is 4.79 Å². The monoisotopic (exact) mass is 384 g/mol. The number of amides is 1. The second-order valence-electron chi connectivity index (χ2n) is 7.79. The van der Waals surface area contributed by atoms with Gasteiger partial charge in [-0.05, 0) is 24.5 Å². The van der Waals surface area contributed by atoms with E-state index in [1.807, 2.05) is 0 Å². The number of hydrogen-bond donors (Lipinski definition) is 1. The summed E-state index contributed by atoms with van der Waals surface area (Å²) in [4.78, 5) is 16.1. The minimum Gasteiger partial charge on any atom is -0.324 e. The van der Waals surface area contributed by atoms with Crippen LogP contribution in [0.3, 0.4) is 0 Å². The molecule has 1 aromatic heterocycles. The summed E-state index contributed by atoms with van der Waals surface area (Å²) in [7, 11) is 0. The largest absolute Gasteiger partial charge is 0.324 e. The average molecular weight is 385 g/mol. The Hall–Kier alpha value is -1.82. The third kappa shape index (κ3) is 12.5. The van der Waals surface area contributed by atoms with Crippen molar-refractivity contribution in [2.75, 3.05) is 5.32 Å². The van der Waals surface area contributed by atoms with Gasteiger partial charge in [0.2, 0.25) is 5.91 Å². The lowest BCUT2D eigenvalue weighted by Gasteiger charge is -2.06. The molecule has 0 aliphatic heterocycles. The van der Waals surface area contributed by atoms with Gasteiger partial charge in [0.05, 0.1) is 5.69 Å². The molecular weight excluding hydrogens is 344 g/mol. The molecule has 1 aromatic rings. The smallest absolute Gasteiger partial charge is 0.224 e. The molecule has 3 nitrogen and oxygen atoms in total.